The molecule has 1 heterocycles. The summed E-state index contributed by atoms with van der Waals surface area (Å²) in [7, 11) is 2.02. The molecular formula is C14H23N3O3. The van der Waals surface area contributed by atoms with Crippen molar-refractivity contribution in [2.75, 3.05) is 20.1 Å². The number of nitrogens with zero attached hydrogens (tertiary/aromatic N) is 2. The van der Waals surface area contributed by atoms with Crippen LogP contribution in [0.1, 0.15) is 30.8 Å². The number of aromatic nitrogens is 1. The van der Waals surface area contributed by atoms with E-state index in [4.69, 9.17) is 5.11 Å². The van der Waals surface area contributed by atoms with E-state index in [0.717, 1.165) is 13.0 Å². The number of carboxylic acids is 1. The van der Waals surface area contributed by atoms with Gasteiger partial charge in [0.1, 0.15) is 12.2 Å². The fourth-order valence-corrected chi connectivity index (χ4v) is 1.86. The molecule has 1 rings (SSSR count). The molecule has 0 bridgehead atoms. The summed E-state index contributed by atoms with van der Waals surface area (Å²) in [4.78, 5) is 24.9. The van der Waals surface area contributed by atoms with Crippen LogP contribution >= 0.6 is 0 Å². The summed E-state index contributed by atoms with van der Waals surface area (Å²) >= 11 is 0. The van der Waals surface area contributed by atoms with Crippen LogP contribution in [0.2, 0.25) is 0 Å². The van der Waals surface area contributed by atoms with Crippen molar-refractivity contribution in [3.63, 3.8) is 0 Å². The maximum Gasteiger partial charge on any atom is 0.352 e. The summed E-state index contributed by atoms with van der Waals surface area (Å²) < 4.78 is 1.43. The third-order valence-corrected chi connectivity index (χ3v) is 3.49. The predicted octanol–water partition coefficient (Wildman–Crippen LogP) is 1.03. The lowest BCUT2D eigenvalue weighted by molar-refractivity contribution is -0.121. The summed E-state index contributed by atoms with van der Waals surface area (Å²) in [6, 6.07) is 3.58. The van der Waals surface area contributed by atoms with Crippen LogP contribution in [-0.4, -0.2) is 52.6 Å². The van der Waals surface area contributed by atoms with E-state index in [1.807, 2.05) is 7.05 Å². The van der Waals surface area contributed by atoms with Crippen LogP contribution in [-0.2, 0) is 11.3 Å². The van der Waals surface area contributed by atoms with Crippen molar-refractivity contribution >= 4 is 11.9 Å². The van der Waals surface area contributed by atoms with E-state index in [1.54, 1.807) is 12.3 Å². The van der Waals surface area contributed by atoms with Crippen LogP contribution in [0.15, 0.2) is 18.3 Å². The molecule has 0 aromatic carbocycles. The highest BCUT2D eigenvalue weighted by Gasteiger charge is 2.12. The molecule has 1 unspecified atom stereocenters. The highest BCUT2D eigenvalue weighted by atomic mass is 16.4. The Morgan fingerprint density at radius 3 is 2.80 bits per heavy atom. The van der Waals surface area contributed by atoms with Crippen molar-refractivity contribution in [2.24, 2.45) is 0 Å². The van der Waals surface area contributed by atoms with Gasteiger partial charge in [0.05, 0.1) is 0 Å². The van der Waals surface area contributed by atoms with E-state index in [1.165, 1.54) is 10.6 Å². The van der Waals surface area contributed by atoms with Crippen molar-refractivity contribution in [3.05, 3.63) is 24.0 Å². The lowest BCUT2D eigenvalue weighted by Crippen LogP contribution is -2.38. The lowest BCUT2D eigenvalue weighted by Gasteiger charge is -2.23. The second kappa shape index (κ2) is 7.69. The minimum absolute atomic E-state index is 0.0294. The molecular weight excluding hydrogens is 258 g/mol. The number of likely N-dealkylation sites (N-methyl/N-ethyl adjacent to an activating group) is 1. The molecule has 1 aromatic rings. The third-order valence-electron chi connectivity index (χ3n) is 3.49. The summed E-state index contributed by atoms with van der Waals surface area (Å²) in [5.74, 6) is -1.21. The fraction of sp³-hybridized carbons (Fsp3) is 0.571. The quantitative estimate of drug-likeness (QED) is 0.746. The van der Waals surface area contributed by atoms with Gasteiger partial charge in [-0.05, 0) is 32.5 Å². The molecule has 0 saturated heterocycles. The van der Waals surface area contributed by atoms with Crippen molar-refractivity contribution < 1.29 is 14.7 Å². The second-order valence-electron chi connectivity index (χ2n) is 4.91. The molecule has 112 valence electrons. The van der Waals surface area contributed by atoms with Crippen LogP contribution < -0.4 is 5.32 Å². The number of aromatic carboxylic acids is 1. The highest BCUT2D eigenvalue weighted by molar-refractivity contribution is 5.86. The van der Waals surface area contributed by atoms with Gasteiger partial charge in [-0.1, -0.05) is 6.92 Å². The summed E-state index contributed by atoms with van der Waals surface area (Å²) in [5.41, 5.74) is 0.122. The first-order valence-electron chi connectivity index (χ1n) is 6.81. The molecule has 0 spiro atoms. The number of nitrogens with one attached hydrogen (secondary N) is 1. The number of amides is 1. The van der Waals surface area contributed by atoms with E-state index in [2.05, 4.69) is 24.1 Å². The molecule has 0 aliphatic heterocycles. The average Bonchev–Trinajstić information content (AvgIpc) is 2.85. The zero-order chi connectivity index (χ0) is 15.1. The zero-order valence-electron chi connectivity index (χ0n) is 12.3. The smallest absolute Gasteiger partial charge is 0.352 e. The van der Waals surface area contributed by atoms with Crippen molar-refractivity contribution in [3.8, 4) is 0 Å². The topological polar surface area (TPSA) is 74.6 Å². The number of carboxylic acid groups (broad SMARTS) is 1. The SMILES string of the molecule is CCC(C)N(C)CCNC(=O)Cn1cccc1C(=O)O. The van der Waals surface area contributed by atoms with Gasteiger partial charge in [-0.15, -0.1) is 0 Å². The Hall–Kier alpha value is -1.82. The number of hydrogen-bond acceptors (Lipinski definition) is 3. The largest absolute Gasteiger partial charge is 0.477 e. The number of carbonyl (C=O) groups excluding carboxylic acids is 1. The maximum absolute atomic E-state index is 11.8. The van der Waals surface area contributed by atoms with Crippen molar-refractivity contribution in [2.45, 2.75) is 32.9 Å². The van der Waals surface area contributed by atoms with Gasteiger partial charge in [0, 0.05) is 25.3 Å². The van der Waals surface area contributed by atoms with Crippen molar-refractivity contribution in [1.29, 1.82) is 0 Å². The monoisotopic (exact) mass is 281 g/mol. The van der Waals surface area contributed by atoms with Gasteiger partial charge in [0.25, 0.3) is 0 Å². The summed E-state index contributed by atoms with van der Waals surface area (Å²) in [6.07, 6.45) is 2.66. The van der Waals surface area contributed by atoms with Crippen LogP contribution in [0.5, 0.6) is 0 Å². The van der Waals surface area contributed by atoms with Gasteiger partial charge in [-0.2, -0.15) is 0 Å². The lowest BCUT2D eigenvalue weighted by atomic mass is 10.2. The molecule has 0 radical (unpaired) electrons. The van der Waals surface area contributed by atoms with Crippen LogP contribution in [0.25, 0.3) is 0 Å². The fourth-order valence-electron chi connectivity index (χ4n) is 1.86. The first kappa shape index (κ1) is 16.2. The number of carbonyl (C=O) groups is 2. The van der Waals surface area contributed by atoms with Crippen LogP contribution in [0.3, 0.4) is 0 Å². The average molecular weight is 281 g/mol. The Labute approximate surface area is 119 Å². The van der Waals surface area contributed by atoms with E-state index < -0.39 is 5.97 Å². The Morgan fingerprint density at radius 1 is 1.50 bits per heavy atom. The highest BCUT2D eigenvalue weighted by Crippen LogP contribution is 2.02. The molecule has 0 fully saturated rings. The minimum atomic E-state index is -1.03. The molecule has 1 amide bonds. The molecule has 20 heavy (non-hydrogen) atoms. The predicted molar refractivity (Wildman–Crippen MR) is 76.8 cm³/mol. The second-order valence-corrected chi connectivity index (χ2v) is 4.91. The van der Waals surface area contributed by atoms with Crippen LogP contribution in [0, 0.1) is 0 Å². The number of rotatable bonds is 8. The molecule has 1 aromatic heterocycles. The number of hydrogen-bond donors (Lipinski definition) is 2. The van der Waals surface area contributed by atoms with Gasteiger partial charge in [-0.25, -0.2) is 4.79 Å². The summed E-state index contributed by atoms with van der Waals surface area (Å²) in [5, 5.41) is 11.7. The van der Waals surface area contributed by atoms with E-state index in [9.17, 15) is 9.59 Å². The maximum atomic E-state index is 11.8. The molecule has 2 N–H and O–H groups in total. The molecule has 0 saturated carbocycles. The molecule has 1 atom stereocenters. The van der Waals surface area contributed by atoms with E-state index in [0.29, 0.717) is 12.6 Å². The Morgan fingerprint density at radius 2 is 2.20 bits per heavy atom. The van der Waals surface area contributed by atoms with Crippen molar-refractivity contribution in [1.82, 2.24) is 14.8 Å². The molecule has 0 aliphatic carbocycles. The first-order chi connectivity index (χ1) is 9.45. The van der Waals surface area contributed by atoms with Gasteiger partial charge in [-0.3, -0.25) is 4.79 Å². The standard InChI is InChI=1S/C14H23N3O3/c1-4-11(2)16(3)9-7-15-13(18)10-17-8-5-6-12(17)14(19)20/h5-6,8,11H,4,7,9-10H2,1-3H3,(H,15,18)(H,19,20). The Balaban J connectivity index is 2.37. The Kier molecular flexibility index (Phi) is 6.24. The van der Waals surface area contributed by atoms with Gasteiger partial charge in [0.15, 0.2) is 0 Å². The van der Waals surface area contributed by atoms with Gasteiger partial charge >= 0.3 is 5.97 Å². The Bertz CT molecular complexity index is 456. The minimum Gasteiger partial charge on any atom is -0.477 e. The molecule has 0 aliphatic rings. The summed E-state index contributed by atoms with van der Waals surface area (Å²) in [6.45, 7) is 5.63. The zero-order valence-corrected chi connectivity index (χ0v) is 12.3. The third kappa shape index (κ3) is 4.70. The molecule has 6 nitrogen and oxygen atoms in total. The first-order valence-corrected chi connectivity index (χ1v) is 6.81. The normalized spacial score (nSPS) is 12.4. The van der Waals surface area contributed by atoms with Crippen LogP contribution in [0.4, 0.5) is 0 Å². The van der Waals surface area contributed by atoms with Gasteiger partial charge < -0.3 is 19.9 Å². The van der Waals surface area contributed by atoms with Gasteiger partial charge in [0.2, 0.25) is 5.91 Å². The molecule has 6 heteroatoms. The van der Waals surface area contributed by atoms with E-state index in [-0.39, 0.29) is 18.1 Å². The van der Waals surface area contributed by atoms with E-state index >= 15 is 0 Å².